The van der Waals surface area contributed by atoms with E-state index in [4.69, 9.17) is 9.47 Å². The first-order valence-electron chi connectivity index (χ1n) is 6.78. The van der Waals surface area contributed by atoms with Crippen LogP contribution < -0.4 is 14.8 Å². The highest BCUT2D eigenvalue weighted by molar-refractivity contribution is 5.40. The number of ether oxygens (including phenoxy) is 2. The highest BCUT2D eigenvalue weighted by atomic mass is 16.5. The van der Waals surface area contributed by atoms with Gasteiger partial charge in [-0.2, -0.15) is 0 Å². The van der Waals surface area contributed by atoms with E-state index in [-0.39, 0.29) is 0 Å². The van der Waals surface area contributed by atoms with Gasteiger partial charge in [0.15, 0.2) is 0 Å². The highest BCUT2D eigenvalue weighted by Crippen LogP contribution is 2.25. The number of methoxy groups -OCH3 is 2. The molecule has 3 heteroatoms. The lowest BCUT2D eigenvalue weighted by atomic mass is 9.95. The minimum Gasteiger partial charge on any atom is -0.497 e. The third-order valence-electron chi connectivity index (χ3n) is 3.67. The first-order valence-corrected chi connectivity index (χ1v) is 6.78. The van der Waals surface area contributed by atoms with Gasteiger partial charge in [0.25, 0.3) is 0 Å². The second-order valence-corrected chi connectivity index (χ2v) is 4.89. The molecule has 0 spiro atoms. The summed E-state index contributed by atoms with van der Waals surface area (Å²) in [5.41, 5.74) is 1.17. The average Bonchev–Trinajstić information content (AvgIpc) is 2.45. The molecular weight excluding hydrogens is 226 g/mol. The van der Waals surface area contributed by atoms with Crippen LogP contribution in [0.2, 0.25) is 0 Å². The number of hydrogen-bond donors (Lipinski definition) is 1. The van der Waals surface area contributed by atoms with Crippen molar-refractivity contribution in [3.8, 4) is 11.5 Å². The topological polar surface area (TPSA) is 30.5 Å². The second kappa shape index (κ2) is 6.64. The van der Waals surface area contributed by atoms with E-state index < -0.39 is 0 Å². The van der Waals surface area contributed by atoms with Gasteiger partial charge in [0.1, 0.15) is 11.5 Å². The van der Waals surface area contributed by atoms with Gasteiger partial charge in [0.2, 0.25) is 0 Å². The maximum absolute atomic E-state index is 5.39. The summed E-state index contributed by atoms with van der Waals surface area (Å²) in [5.74, 6) is 1.82. The highest BCUT2D eigenvalue weighted by Gasteiger charge is 2.13. The Morgan fingerprint density at radius 3 is 2.56 bits per heavy atom. The summed E-state index contributed by atoms with van der Waals surface area (Å²) in [7, 11) is 3.41. The van der Waals surface area contributed by atoms with Crippen molar-refractivity contribution in [3.05, 3.63) is 23.8 Å². The maximum Gasteiger partial charge on any atom is 0.123 e. The Labute approximate surface area is 109 Å². The molecule has 0 radical (unpaired) electrons. The van der Waals surface area contributed by atoms with Crippen LogP contribution in [0.4, 0.5) is 0 Å². The first-order chi connectivity index (χ1) is 8.83. The lowest BCUT2D eigenvalue weighted by molar-refractivity contribution is 0.363. The summed E-state index contributed by atoms with van der Waals surface area (Å²) in [6, 6.07) is 6.61. The molecule has 1 aromatic rings. The van der Waals surface area contributed by atoms with E-state index >= 15 is 0 Å². The molecule has 0 saturated heterocycles. The fourth-order valence-electron chi connectivity index (χ4n) is 2.58. The molecule has 0 aromatic heterocycles. The Bertz CT molecular complexity index is 373. The van der Waals surface area contributed by atoms with E-state index in [2.05, 4.69) is 11.4 Å². The smallest absolute Gasteiger partial charge is 0.123 e. The summed E-state index contributed by atoms with van der Waals surface area (Å²) >= 11 is 0. The zero-order valence-electron chi connectivity index (χ0n) is 11.4. The lowest BCUT2D eigenvalue weighted by Gasteiger charge is -2.23. The number of benzene rings is 1. The summed E-state index contributed by atoms with van der Waals surface area (Å²) in [5, 5.41) is 3.63. The molecule has 2 rings (SSSR count). The van der Waals surface area contributed by atoms with Crippen LogP contribution >= 0.6 is 0 Å². The van der Waals surface area contributed by atoms with Crippen LogP contribution in [0.5, 0.6) is 11.5 Å². The monoisotopic (exact) mass is 249 g/mol. The Morgan fingerprint density at radius 1 is 1.11 bits per heavy atom. The van der Waals surface area contributed by atoms with Crippen LogP contribution in [0.1, 0.15) is 37.7 Å². The van der Waals surface area contributed by atoms with E-state index in [0.29, 0.717) is 6.04 Å². The molecule has 0 amide bonds. The van der Waals surface area contributed by atoms with Gasteiger partial charge in [-0.3, -0.25) is 0 Å². The Morgan fingerprint density at radius 2 is 1.89 bits per heavy atom. The van der Waals surface area contributed by atoms with Crippen LogP contribution in [-0.4, -0.2) is 20.3 Å². The summed E-state index contributed by atoms with van der Waals surface area (Å²) in [6.07, 6.45) is 6.69. The Kier molecular flexibility index (Phi) is 4.88. The quantitative estimate of drug-likeness (QED) is 0.869. The molecule has 0 atom stereocenters. The standard InChI is InChI=1S/C15H23NO2/c1-17-14-8-9-15(18-2)12(10-14)11-16-13-6-4-3-5-7-13/h8-10,13,16H,3-7,11H2,1-2H3. The van der Waals surface area contributed by atoms with E-state index in [1.165, 1.54) is 37.7 Å². The summed E-state index contributed by atoms with van der Waals surface area (Å²) < 4.78 is 10.7. The van der Waals surface area contributed by atoms with Crippen LogP contribution in [-0.2, 0) is 6.54 Å². The molecule has 1 N–H and O–H groups in total. The molecule has 1 saturated carbocycles. The predicted molar refractivity (Wildman–Crippen MR) is 73.3 cm³/mol. The van der Waals surface area contributed by atoms with Crippen LogP contribution in [0.3, 0.4) is 0 Å². The molecule has 3 nitrogen and oxygen atoms in total. The van der Waals surface area contributed by atoms with Crippen LogP contribution in [0, 0.1) is 0 Å². The lowest BCUT2D eigenvalue weighted by Crippen LogP contribution is -2.30. The van der Waals surface area contributed by atoms with E-state index in [1.807, 2.05) is 12.1 Å². The zero-order chi connectivity index (χ0) is 12.8. The van der Waals surface area contributed by atoms with Gasteiger partial charge < -0.3 is 14.8 Å². The molecule has 1 aromatic carbocycles. The number of rotatable bonds is 5. The maximum atomic E-state index is 5.39. The predicted octanol–water partition coefficient (Wildman–Crippen LogP) is 3.13. The Hall–Kier alpha value is -1.22. The van der Waals surface area contributed by atoms with Gasteiger partial charge in [0.05, 0.1) is 14.2 Å². The molecule has 1 fully saturated rings. The first kappa shape index (κ1) is 13.2. The van der Waals surface area contributed by atoms with E-state index in [1.54, 1.807) is 14.2 Å². The average molecular weight is 249 g/mol. The van der Waals surface area contributed by atoms with Crippen molar-refractivity contribution in [2.24, 2.45) is 0 Å². The van der Waals surface area contributed by atoms with Gasteiger partial charge in [-0.15, -0.1) is 0 Å². The van der Waals surface area contributed by atoms with Crippen molar-refractivity contribution in [1.29, 1.82) is 0 Å². The van der Waals surface area contributed by atoms with Gasteiger partial charge >= 0.3 is 0 Å². The van der Waals surface area contributed by atoms with Crippen molar-refractivity contribution in [2.75, 3.05) is 14.2 Å². The minimum atomic E-state index is 0.662. The second-order valence-electron chi connectivity index (χ2n) is 4.89. The van der Waals surface area contributed by atoms with Gasteiger partial charge in [-0.25, -0.2) is 0 Å². The largest absolute Gasteiger partial charge is 0.497 e. The SMILES string of the molecule is COc1ccc(OC)c(CNC2CCCCC2)c1. The Balaban J connectivity index is 1.97. The van der Waals surface area contributed by atoms with Gasteiger partial charge in [0, 0.05) is 18.2 Å². The normalized spacial score (nSPS) is 16.6. The molecule has 0 aliphatic heterocycles. The molecule has 1 aliphatic rings. The van der Waals surface area contributed by atoms with Crippen molar-refractivity contribution >= 4 is 0 Å². The van der Waals surface area contributed by atoms with E-state index in [9.17, 15) is 0 Å². The van der Waals surface area contributed by atoms with Crippen molar-refractivity contribution < 1.29 is 9.47 Å². The zero-order valence-corrected chi connectivity index (χ0v) is 11.4. The molecule has 1 aliphatic carbocycles. The van der Waals surface area contributed by atoms with Crippen LogP contribution in [0.25, 0.3) is 0 Å². The van der Waals surface area contributed by atoms with Crippen molar-refractivity contribution in [2.45, 2.75) is 44.7 Å². The fraction of sp³-hybridized carbons (Fsp3) is 0.600. The molecule has 100 valence electrons. The van der Waals surface area contributed by atoms with Crippen molar-refractivity contribution in [1.82, 2.24) is 5.32 Å². The summed E-state index contributed by atoms with van der Waals surface area (Å²) in [4.78, 5) is 0. The van der Waals surface area contributed by atoms with Gasteiger partial charge in [-0.1, -0.05) is 19.3 Å². The third-order valence-corrected chi connectivity index (χ3v) is 3.67. The molecule has 0 bridgehead atoms. The van der Waals surface area contributed by atoms with E-state index in [0.717, 1.165) is 18.0 Å². The number of nitrogens with one attached hydrogen (secondary N) is 1. The molecule has 0 unspecified atom stereocenters. The molecular formula is C15H23NO2. The third kappa shape index (κ3) is 3.39. The van der Waals surface area contributed by atoms with Crippen molar-refractivity contribution in [3.63, 3.8) is 0 Å². The summed E-state index contributed by atoms with van der Waals surface area (Å²) in [6.45, 7) is 0.852. The van der Waals surface area contributed by atoms with Crippen LogP contribution in [0.15, 0.2) is 18.2 Å². The minimum absolute atomic E-state index is 0.662. The number of hydrogen-bond acceptors (Lipinski definition) is 3. The fourth-order valence-corrected chi connectivity index (χ4v) is 2.58. The van der Waals surface area contributed by atoms with Gasteiger partial charge in [-0.05, 0) is 31.0 Å². The molecule has 18 heavy (non-hydrogen) atoms. The molecule has 0 heterocycles.